The summed E-state index contributed by atoms with van der Waals surface area (Å²) < 4.78 is 43.4. The van der Waals surface area contributed by atoms with Gasteiger partial charge in [-0.05, 0) is 43.9 Å². The van der Waals surface area contributed by atoms with Crippen molar-refractivity contribution in [3.05, 3.63) is 52.7 Å². The molecule has 3 heterocycles. The maximum Gasteiger partial charge on any atom is 0.394 e. The summed E-state index contributed by atoms with van der Waals surface area (Å²) in [6, 6.07) is 10.2. The van der Waals surface area contributed by atoms with Crippen molar-refractivity contribution in [3.63, 3.8) is 0 Å². The summed E-state index contributed by atoms with van der Waals surface area (Å²) in [6.45, 7) is 5.66. The zero-order valence-electron chi connectivity index (χ0n) is 17.3. The van der Waals surface area contributed by atoms with Crippen LogP contribution < -0.4 is 10.3 Å². The van der Waals surface area contributed by atoms with Gasteiger partial charge in [-0.25, -0.2) is 4.98 Å². The van der Waals surface area contributed by atoms with Crippen LogP contribution in [-0.2, 0) is 15.9 Å². The minimum atomic E-state index is -4.30. The average Bonchev–Trinajstić information content (AvgIpc) is 2.93. The van der Waals surface area contributed by atoms with Crippen molar-refractivity contribution in [1.82, 2.24) is 4.98 Å². The molecule has 9 heteroatoms. The summed E-state index contributed by atoms with van der Waals surface area (Å²) in [6.07, 6.45) is -1.49. The number of alkyl halides is 3. The number of benzene rings is 1. The second kappa shape index (κ2) is 7.98. The van der Waals surface area contributed by atoms with Crippen molar-refractivity contribution >= 4 is 29.3 Å². The van der Waals surface area contributed by atoms with Gasteiger partial charge >= 0.3 is 6.18 Å². The van der Waals surface area contributed by atoms with E-state index in [1.54, 1.807) is 12.3 Å². The molecule has 1 fully saturated rings. The van der Waals surface area contributed by atoms with Gasteiger partial charge in [-0.1, -0.05) is 35.9 Å². The predicted molar refractivity (Wildman–Crippen MR) is 116 cm³/mol. The third-order valence-corrected chi connectivity index (χ3v) is 6.25. The zero-order valence-corrected chi connectivity index (χ0v) is 18.1. The number of hydrogen-bond acceptors (Lipinski definition) is 5. The molecule has 0 saturated carbocycles. The molecule has 0 unspecified atom stereocenters. The lowest BCUT2D eigenvalue weighted by Crippen LogP contribution is -2.43. The van der Waals surface area contributed by atoms with Crippen molar-refractivity contribution in [1.29, 1.82) is 0 Å². The summed E-state index contributed by atoms with van der Waals surface area (Å²) in [5, 5.41) is 3.92. The molecule has 4 rings (SSSR count). The van der Waals surface area contributed by atoms with Crippen LogP contribution in [0.25, 0.3) is 0 Å². The van der Waals surface area contributed by atoms with Crippen LogP contribution in [-0.4, -0.2) is 30.5 Å². The van der Waals surface area contributed by atoms with Gasteiger partial charge in [-0.15, -0.1) is 0 Å². The van der Waals surface area contributed by atoms with Crippen molar-refractivity contribution in [2.75, 3.05) is 23.4 Å². The molecule has 1 saturated heterocycles. The van der Waals surface area contributed by atoms with E-state index in [0.717, 1.165) is 37.8 Å². The van der Waals surface area contributed by atoms with Gasteiger partial charge in [0, 0.05) is 25.5 Å². The summed E-state index contributed by atoms with van der Waals surface area (Å²) in [4.78, 5) is 6.25. The van der Waals surface area contributed by atoms with E-state index >= 15 is 0 Å². The van der Waals surface area contributed by atoms with Gasteiger partial charge in [-0.3, -0.25) is 5.43 Å². The molecule has 1 spiro atoms. The Labute approximate surface area is 184 Å². The Morgan fingerprint density at radius 2 is 1.87 bits per heavy atom. The number of pyridine rings is 1. The molecular formula is C22H24ClF3N4O. The van der Waals surface area contributed by atoms with Crippen LogP contribution in [0.2, 0.25) is 5.02 Å². The number of nitrogens with one attached hydrogen (secondary N) is 1. The standard InChI is InChI=1S/C22H24ClF3N4O/c1-20(2)15-5-3-4-6-16(15)21(31-20)9-13-30(14-10-21)17-7-11-27-19(18(17)23)29-28-12-8-22(24,25)26/h3-7,11-12H,8-10,13-14H2,1-2H3,(H,27,29)/b28-12+. The van der Waals surface area contributed by atoms with E-state index in [-0.39, 0.29) is 17.0 Å². The third kappa shape index (κ3) is 4.36. The van der Waals surface area contributed by atoms with E-state index in [9.17, 15) is 13.2 Å². The Kier molecular flexibility index (Phi) is 5.64. The first-order chi connectivity index (χ1) is 14.6. The molecule has 1 aromatic heterocycles. The van der Waals surface area contributed by atoms with Crippen molar-refractivity contribution in [3.8, 4) is 0 Å². The number of piperidine rings is 1. The van der Waals surface area contributed by atoms with Crippen LogP contribution in [0.5, 0.6) is 0 Å². The Hall–Kier alpha value is -2.32. The maximum atomic E-state index is 12.3. The van der Waals surface area contributed by atoms with Gasteiger partial charge in [0.15, 0.2) is 5.82 Å². The normalized spacial score (nSPS) is 19.7. The fourth-order valence-electron chi connectivity index (χ4n) is 4.50. The van der Waals surface area contributed by atoms with E-state index in [1.807, 2.05) is 6.07 Å². The van der Waals surface area contributed by atoms with E-state index in [4.69, 9.17) is 16.3 Å². The number of ether oxygens (including phenoxy) is 1. The molecule has 0 bridgehead atoms. The lowest BCUT2D eigenvalue weighted by atomic mass is 9.82. The summed E-state index contributed by atoms with van der Waals surface area (Å²) in [7, 11) is 0. The Morgan fingerprint density at radius 3 is 2.55 bits per heavy atom. The van der Waals surface area contributed by atoms with E-state index in [2.05, 4.69) is 52.5 Å². The highest BCUT2D eigenvalue weighted by atomic mass is 35.5. The fourth-order valence-corrected chi connectivity index (χ4v) is 4.77. The monoisotopic (exact) mass is 452 g/mol. The van der Waals surface area contributed by atoms with Crippen LogP contribution in [0.4, 0.5) is 24.7 Å². The Bertz CT molecular complexity index is 985. The quantitative estimate of drug-likeness (QED) is 0.467. The first-order valence-electron chi connectivity index (χ1n) is 10.2. The number of hydrogen-bond donors (Lipinski definition) is 1. The average molecular weight is 453 g/mol. The number of rotatable bonds is 4. The number of hydrazone groups is 1. The molecule has 0 radical (unpaired) electrons. The van der Waals surface area contributed by atoms with Crippen molar-refractivity contribution < 1.29 is 17.9 Å². The SMILES string of the molecule is CC1(C)OC2(CCN(c3ccnc(N/N=C/CC(F)(F)F)c3Cl)CC2)c2ccccc21. The maximum absolute atomic E-state index is 12.3. The van der Waals surface area contributed by atoms with Gasteiger partial charge in [0.2, 0.25) is 0 Å². The molecule has 1 aromatic carbocycles. The van der Waals surface area contributed by atoms with Crippen molar-refractivity contribution in [2.45, 2.75) is 50.5 Å². The van der Waals surface area contributed by atoms with Crippen LogP contribution in [0.3, 0.4) is 0 Å². The molecule has 2 aliphatic rings. The lowest BCUT2D eigenvalue weighted by Gasteiger charge is -2.41. The molecule has 2 aliphatic heterocycles. The molecule has 166 valence electrons. The first-order valence-corrected chi connectivity index (χ1v) is 10.5. The first kappa shape index (κ1) is 21.9. The number of aromatic nitrogens is 1. The second-order valence-corrected chi connectivity index (χ2v) is 8.75. The van der Waals surface area contributed by atoms with Crippen LogP contribution >= 0.6 is 11.6 Å². The molecule has 0 atom stereocenters. The molecular weight excluding hydrogens is 429 g/mol. The van der Waals surface area contributed by atoms with Gasteiger partial charge in [-0.2, -0.15) is 18.3 Å². The smallest absolute Gasteiger partial charge is 0.370 e. The molecule has 0 aliphatic carbocycles. The number of halogens is 4. The van der Waals surface area contributed by atoms with Gasteiger partial charge < -0.3 is 9.64 Å². The molecule has 2 aromatic rings. The van der Waals surface area contributed by atoms with E-state index in [0.29, 0.717) is 5.02 Å². The highest BCUT2D eigenvalue weighted by Crippen LogP contribution is 2.52. The van der Waals surface area contributed by atoms with E-state index < -0.39 is 12.6 Å². The van der Waals surface area contributed by atoms with Crippen LogP contribution in [0, 0.1) is 0 Å². The van der Waals surface area contributed by atoms with E-state index in [1.165, 1.54) is 11.1 Å². The summed E-state index contributed by atoms with van der Waals surface area (Å²) >= 11 is 6.49. The third-order valence-electron chi connectivity index (χ3n) is 5.88. The number of anilines is 2. The minimum Gasteiger partial charge on any atom is -0.370 e. The summed E-state index contributed by atoms with van der Waals surface area (Å²) in [5.41, 5.74) is 5.11. The van der Waals surface area contributed by atoms with Gasteiger partial charge in [0.25, 0.3) is 0 Å². The molecule has 1 N–H and O–H groups in total. The fraction of sp³-hybridized carbons (Fsp3) is 0.455. The highest BCUT2D eigenvalue weighted by Gasteiger charge is 2.50. The number of nitrogens with zero attached hydrogens (tertiary/aromatic N) is 3. The molecule has 0 amide bonds. The zero-order chi connectivity index (χ0) is 22.3. The van der Waals surface area contributed by atoms with Gasteiger partial charge in [0.1, 0.15) is 5.02 Å². The predicted octanol–water partition coefficient (Wildman–Crippen LogP) is 5.85. The Morgan fingerprint density at radius 1 is 1.19 bits per heavy atom. The second-order valence-electron chi connectivity index (χ2n) is 8.37. The molecule has 5 nitrogen and oxygen atoms in total. The summed E-state index contributed by atoms with van der Waals surface area (Å²) in [5.74, 6) is 0.224. The lowest BCUT2D eigenvalue weighted by molar-refractivity contribution is -0.136. The van der Waals surface area contributed by atoms with Crippen LogP contribution in [0.15, 0.2) is 41.6 Å². The van der Waals surface area contributed by atoms with Crippen molar-refractivity contribution in [2.24, 2.45) is 5.10 Å². The topological polar surface area (TPSA) is 49.8 Å². The number of fused-ring (bicyclic) bond motifs is 2. The highest BCUT2D eigenvalue weighted by molar-refractivity contribution is 6.35. The minimum absolute atomic E-state index is 0.224. The van der Waals surface area contributed by atoms with Gasteiger partial charge in [0.05, 0.1) is 23.3 Å². The Balaban J connectivity index is 1.48. The molecule has 31 heavy (non-hydrogen) atoms. The largest absolute Gasteiger partial charge is 0.394 e. The van der Waals surface area contributed by atoms with Crippen LogP contribution in [0.1, 0.15) is 44.2 Å².